The maximum Gasteiger partial charge on any atom is 0.0594 e. The fourth-order valence-electron chi connectivity index (χ4n) is 3.15. The maximum atomic E-state index is 6.17. The van der Waals surface area contributed by atoms with Crippen molar-refractivity contribution < 1.29 is 4.74 Å². The number of morpholine rings is 1. The van der Waals surface area contributed by atoms with Gasteiger partial charge < -0.3 is 9.64 Å². The van der Waals surface area contributed by atoms with Crippen LogP contribution in [-0.4, -0.2) is 50.3 Å². The number of rotatable bonds is 3. The molecule has 2 aliphatic rings. The third-order valence-corrected chi connectivity index (χ3v) is 5.10. The van der Waals surface area contributed by atoms with E-state index in [0.29, 0.717) is 6.04 Å². The van der Waals surface area contributed by atoms with Gasteiger partial charge in [0, 0.05) is 48.3 Å². The molecule has 2 fully saturated rings. The van der Waals surface area contributed by atoms with E-state index in [1.54, 1.807) is 0 Å². The van der Waals surface area contributed by atoms with E-state index in [1.807, 2.05) is 6.07 Å². The first-order valence-corrected chi connectivity index (χ1v) is 8.69. The fourth-order valence-corrected chi connectivity index (χ4v) is 3.79. The van der Waals surface area contributed by atoms with Crippen molar-refractivity contribution in [1.82, 2.24) is 4.90 Å². The third-order valence-electron chi connectivity index (χ3n) is 4.26. The summed E-state index contributed by atoms with van der Waals surface area (Å²) in [5.41, 5.74) is 2.60. The molecule has 5 heteroatoms. The fraction of sp³-hybridized carbons (Fsp3) is 0.600. The smallest absolute Gasteiger partial charge is 0.0594 e. The second kappa shape index (κ2) is 6.65. The van der Waals surface area contributed by atoms with Crippen LogP contribution in [0.15, 0.2) is 18.2 Å². The Bertz CT molecular complexity index is 465. The lowest BCUT2D eigenvalue weighted by Gasteiger charge is -2.32. The van der Waals surface area contributed by atoms with Gasteiger partial charge in [0.15, 0.2) is 0 Å². The molecule has 2 saturated heterocycles. The lowest BCUT2D eigenvalue weighted by atomic mass is 10.2. The molecular weight excluding hydrogens is 340 g/mol. The van der Waals surface area contributed by atoms with Crippen LogP contribution < -0.4 is 4.90 Å². The third kappa shape index (κ3) is 3.14. The minimum Gasteiger partial charge on any atom is -0.379 e. The highest BCUT2D eigenvalue weighted by Gasteiger charge is 2.29. The summed E-state index contributed by atoms with van der Waals surface area (Å²) in [4.78, 5) is 5.05. The largest absolute Gasteiger partial charge is 0.379 e. The predicted molar refractivity (Wildman–Crippen MR) is 87.1 cm³/mol. The van der Waals surface area contributed by atoms with Crippen molar-refractivity contribution in [2.24, 2.45) is 0 Å². The Kier molecular flexibility index (Phi) is 4.87. The normalized spacial score (nSPS) is 24.3. The van der Waals surface area contributed by atoms with Gasteiger partial charge in [0.05, 0.1) is 13.2 Å². The van der Waals surface area contributed by atoms with Crippen molar-refractivity contribution in [3.63, 3.8) is 0 Å². The minimum atomic E-state index is 0.654. The molecule has 0 spiro atoms. The zero-order valence-electron chi connectivity index (χ0n) is 11.5. The Morgan fingerprint density at radius 3 is 2.80 bits per heavy atom. The summed E-state index contributed by atoms with van der Waals surface area (Å²) in [7, 11) is 0. The maximum absolute atomic E-state index is 6.17. The standard InChI is InChI=1S/C15H20BrClN2O/c16-10-12-1-2-13(17)9-15(12)19-4-3-14(11-19)18-5-7-20-8-6-18/h1-2,9,14H,3-8,10-11H2. The quantitative estimate of drug-likeness (QED) is 0.771. The number of anilines is 1. The molecular formula is C15H20BrClN2O. The summed E-state index contributed by atoms with van der Waals surface area (Å²) in [6.07, 6.45) is 1.23. The van der Waals surface area contributed by atoms with Crippen molar-refractivity contribution in [3.8, 4) is 0 Å². The van der Waals surface area contributed by atoms with Gasteiger partial charge in [-0.25, -0.2) is 0 Å². The first-order chi connectivity index (χ1) is 9.78. The Morgan fingerprint density at radius 1 is 1.25 bits per heavy atom. The van der Waals surface area contributed by atoms with Gasteiger partial charge in [0.25, 0.3) is 0 Å². The summed E-state index contributed by atoms with van der Waals surface area (Å²) in [6, 6.07) is 6.84. The molecule has 1 aromatic rings. The minimum absolute atomic E-state index is 0.654. The van der Waals surface area contributed by atoms with Gasteiger partial charge in [-0.15, -0.1) is 0 Å². The van der Waals surface area contributed by atoms with E-state index in [4.69, 9.17) is 16.3 Å². The highest BCUT2D eigenvalue weighted by molar-refractivity contribution is 9.08. The molecule has 3 rings (SSSR count). The van der Waals surface area contributed by atoms with Crippen LogP contribution >= 0.6 is 27.5 Å². The SMILES string of the molecule is Clc1ccc(CBr)c(N2CCC(N3CCOCC3)C2)c1. The monoisotopic (exact) mass is 358 g/mol. The Hall–Kier alpha value is -0.290. The van der Waals surface area contributed by atoms with Gasteiger partial charge in [0.1, 0.15) is 0 Å². The molecule has 110 valence electrons. The number of alkyl halides is 1. The average molecular weight is 360 g/mol. The first kappa shape index (κ1) is 14.6. The van der Waals surface area contributed by atoms with Gasteiger partial charge in [-0.2, -0.15) is 0 Å². The van der Waals surface area contributed by atoms with E-state index in [-0.39, 0.29) is 0 Å². The molecule has 1 aromatic carbocycles. The average Bonchev–Trinajstić information content (AvgIpc) is 2.98. The predicted octanol–water partition coefficient (Wildman–Crippen LogP) is 3.15. The second-order valence-corrected chi connectivity index (χ2v) is 6.44. The number of nitrogens with zero attached hydrogens (tertiary/aromatic N) is 2. The molecule has 2 aliphatic heterocycles. The van der Waals surface area contributed by atoms with Crippen LogP contribution in [0.2, 0.25) is 5.02 Å². The van der Waals surface area contributed by atoms with E-state index < -0.39 is 0 Å². The summed E-state index contributed by atoms with van der Waals surface area (Å²) in [5.74, 6) is 0. The van der Waals surface area contributed by atoms with Gasteiger partial charge in [-0.3, -0.25) is 4.90 Å². The molecule has 2 heterocycles. The van der Waals surface area contributed by atoms with Gasteiger partial charge in [0.2, 0.25) is 0 Å². The highest BCUT2D eigenvalue weighted by Crippen LogP contribution is 2.30. The van der Waals surface area contributed by atoms with Crippen molar-refractivity contribution in [2.45, 2.75) is 17.8 Å². The summed E-state index contributed by atoms with van der Waals surface area (Å²) in [6.45, 7) is 6.10. The van der Waals surface area contributed by atoms with Crippen LogP contribution in [0.5, 0.6) is 0 Å². The van der Waals surface area contributed by atoms with Crippen molar-refractivity contribution in [3.05, 3.63) is 28.8 Å². The van der Waals surface area contributed by atoms with Gasteiger partial charge >= 0.3 is 0 Å². The number of ether oxygens (including phenoxy) is 1. The Labute approximate surface area is 134 Å². The number of benzene rings is 1. The zero-order chi connectivity index (χ0) is 13.9. The van der Waals surface area contributed by atoms with E-state index in [1.165, 1.54) is 17.7 Å². The van der Waals surface area contributed by atoms with Crippen molar-refractivity contribution in [2.75, 3.05) is 44.3 Å². The van der Waals surface area contributed by atoms with E-state index >= 15 is 0 Å². The molecule has 0 bridgehead atoms. The van der Waals surface area contributed by atoms with Crippen LogP contribution in [-0.2, 0) is 10.1 Å². The molecule has 0 aliphatic carbocycles. The molecule has 0 saturated carbocycles. The van der Waals surface area contributed by atoms with E-state index in [9.17, 15) is 0 Å². The molecule has 1 unspecified atom stereocenters. The number of hydrogen-bond donors (Lipinski definition) is 0. The molecule has 0 N–H and O–H groups in total. The van der Waals surface area contributed by atoms with Crippen LogP contribution in [0.25, 0.3) is 0 Å². The number of hydrogen-bond acceptors (Lipinski definition) is 3. The summed E-state index contributed by atoms with van der Waals surface area (Å²) >= 11 is 9.74. The van der Waals surface area contributed by atoms with Crippen LogP contribution in [0.3, 0.4) is 0 Å². The van der Waals surface area contributed by atoms with Crippen molar-refractivity contribution in [1.29, 1.82) is 0 Å². The van der Waals surface area contributed by atoms with E-state index in [2.05, 4.69) is 37.9 Å². The number of halogens is 2. The summed E-state index contributed by atoms with van der Waals surface area (Å²) in [5, 5.41) is 1.69. The molecule has 0 radical (unpaired) electrons. The lowest BCUT2D eigenvalue weighted by molar-refractivity contribution is 0.0209. The first-order valence-electron chi connectivity index (χ1n) is 7.19. The highest BCUT2D eigenvalue weighted by atomic mass is 79.9. The van der Waals surface area contributed by atoms with Crippen molar-refractivity contribution >= 4 is 33.2 Å². The van der Waals surface area contributed by atoms with E-state index in [0.717, 1.165) is 49.7 Å². The lowest BCUT2D eigenvalue weighted by Crippen LogP contribution is -2.44. The van der Waals surface area contributed by atoms with Crippen LogP contribution in [0, 0.1) is 0 Å². The van der Waals surface area contributed by atoms with Crippen LogP contribution in [0.4, 0.5) is 5.69 Å². The molecule has 0 aromatic heterocycles. The summed E-state index contributed by atoms with van der Waals surface area (Å²) < 4.78 is 5.44. The molecule has 1 atom stereocenters. The van der Waals surface area contributed by atoms with Gasteiger partial charge in [-0.1, -0.05) is 33.6 Å². The Morgan fingerprint density at radius 2 is 2.05 bits per heavy atom. The zero-order valence-corrected chi connectivity index (χ0v) is 13.9. The van der Waals surface area contributed by atoms with Gasteiger partial charge in [-0.05, 0) is 24.1 Å². The molecule has 0 amide bonds. The Balaban J connectivity index is 1.71. The second-order valence-electron chi connectivity index (χ2n) is 5.44. The van der Waals surface area contributed by atoms with Crippen LogP contribution in [0.1, 0.15) is 12.0 Å². The topological polar surface area (TPSA) is 15.7 Å². The molecule has 3 nitrogen and oxygen atoms in total. The molecule has 20 heavy (non-hydrogen) atoms.